The first-order valence-corrected chi connectivity index (χ1v) is 14.1. The normalized spacial score (nSPS) is 11.7. The van der Waals surface area contributed by atoms with Gasteiger partial charge < -0.3 is 0 Å². The van der Waals surface area contributed by atoms with Gasteiger partial charge in [0.2, 0.25) is 11.3 Å². The molecule has 0 aromatic heterocycles. The van der Waals surface area contributed by atoms with Crippen molar-refractivity contribution in [1.29, 1.82) is 0 Å². The van der Waals surface area contributed by atoms with Crippen LogP contribution in [0.2, 0.25) is 0 Å². The Balaban J connectivity index is 0.000000784. The monoisotopic (exact) mass is 556 g/mol. The van der Waals surface area contributed by atoms with Crippen molar-refractivity contribution in [3.63, 3.8) is 0 Å². The zero-order chi connectivity index (χ0) is 26.3. The van der Waals surface area contributed by atoms with Crippen molar-refractivity contribution in [2.75, 3.05) is 0 Å². The fourth-order valence-electron chi connectivity index (χ4n) is 3.34. The summed E-state index contributed by atoms with van der Waals surface area (Å²) in [5, 5.41) is 6.30. The maximum atomic E-state index is 13.1. The van der Waals surface area contributed by atoms with E-state index in [0.29, 0.717) is 5.44 Å². The molecular formula is C25H26Cl3NO5P+. The summed E-state index contributed by atoms with van der Waals surface area (Å²) in [6.45, 7) is 5.61. The van der Waals surface area contributed by atoms with Crippen LogP contribution in [-0.2, 0) is 4.79 Å². The van der Waals surface area contributed by atoms with Crippen molar-refractivity contribution in [3.8, 4) is 0 Å². The lowest BCUT2D eigenvalue weighted by atomic mass is 9.96. The first kappa shape index (κ1) is 29.2. The van der Waals surface area contributed by atoms with Crippen LogP contribution in [0, 0.1) is 15.7 Å². The van der Waals surface area contributed by atoms with E-state index < -0.39 is 22.9 Å². The molecule has 3 aromatic carbocycles. The van der Waals surface area contributed by atoms with Crippen LogP contribution >= 0.6 is 30.5 Å². The molecule has 0 unspecified atom stereocenters. The van der Waals surface area contributed by atoms with Gasteiger partial charge in [-0.15, -0.1) is 0 Å². The molecule has 0 bridgehead atoms. The van der Waals surface area contributed by atoms with Crippen LogP contribution in [0.4, 0.5) is 0 Å². The van der Waals surface area contributed by atoms with Crippen LogP contribution in [0.1, 0.15) is 20.8 Å². The van der Waals surface area contributed by atoms with Crippen LogP contribution in [0.5, 0.6) is 0 Å². The number of hydrogen-bond donors (Lipinski definition) is 2. The van der Waals surface area contributed by atoms with Crippen LogP contribution in [-0.4, -0.2) is 10.6 Å². The second-order valence-electron chi connectivity index (χ2n) is 8.39. The van der Waals surface area contributed by atoms with Crippen LogP contribution in [0.25, 0.3) is 0 Å². The van der Waals surface area contributed by atoms with Crippen molar-refractivity contribution in [3.05, 3.63) is 101 Å². The zero-order valence-corrected chi connectivity index (χ0v) is 22.5. The van der Waals surface area contributed by atoms with Gasteiger partial charge in [0.1, 0.15) is 15.9 Å². The maximum Gasteiger partial charge on any atom is 0.232 e. The van der Waals surface area contributed by atoms with Crippen molar-refractivity contribution in [1.82, 2.24) is 5.32 Å². The molecule has 0 radical (unpaired) electrons. The summed E-state index contributed by atoms with van der Waals surface area (Å²) in [6.07, 6.45) is 0. The molecule has 0 aliphatic rings. The van der Waals surface area contributed by atoms with Gasteiger partial charge in [-0.05, 0) is 36.4 Å². The summed E-state index contributed by atoms with van der Waals surface area (Å²) in [7, 11) is -7.25. The summed E-state index contributed by atoms with van der Waals surface area (Å²) < 4.78 is 32.8. The summed E-state index contributed by atoms with van der Waals surface area (Å²) in [5.74, 6) is -0.136. The number of halogens is 3. The van der Waals surface area contributed by atoms with Crippen LogP contribution in [0.3, 0.4) is 0 Å². The molecule has 2 N–H and O–H groups in total. The second kappa shape index (κ2) is 12.3. The Morgan fingerprint density at radius 2 is 1.06 bits per heavy atom. The molecule has 6 nitrogen and oxygen atoms in total. The molecule has 0 aliphatic carbocycles. The molecule has 0 fully saturated rings. The predicted octanol–water partition coefficient (Wildman–Crippen LogP) is 1.62. The van der Waals surface area contributed by atoms with Gasteiger partial charge in [0.05, 0.1) is 14.9 Å². The lowest BCUT2D eigenvalue weighted by Crippen LogP contribution is -2.58. The molecule has 35 heavy (non-hydrogen) atoms. The maximum absolute atomic E-state index is 13.1. The summed E-state index contributed by atoms with van der Waals surface area (Å²) in [6, 6.07) is 30.4. The highest BCUT2D eigenvalue weighted by molar-refractivity contribution is 7.99. The largest absolute Gasteiger partial charge is 0.294 e. The van der Waals surface area contributed by atoms with E-state index in [1.807, 2.05) is 75.4 Å². The lowest BCUT2D eigenvalue weighted by Gasteiger charge is -2.30. The first-order valence-electron chi connectivity index (χ1n) is 10.3. The SMILES string of the molecule is CC(C)(C)C(=O)NC(=C(Cl)Cl)[P+](c1ccccc1)(c1ccccc1)c1ccccc1.[O-][Cl+3]([O-])([O-])O. The van der Waals surface area contributed by atoms with Gasteiger partial charge in [0, 0.05) is 5.41 Å². The molecule has 0 saturated heterocycles. The highest BCUT2D eigenvalue weighted by atomic mass is 35.7. The van der Waals surface area contributed by atoms with Gasteiger partial charge in [0.25, 0.3) is 0 Å². The molecule has 10 heteroatoms. The number of carbonyl (C=O) groups excluding carboxylic acids is 1. The third kappa shape index (κ3) is 8.01. The minimum atomic E-state index is -4.69. The first-order chi connectivity index (χ1) is 16.3. The van der Waals surface area contributed by atoms with Crippen LogP contribution < -0.4 is 35.2 Å². The number of nitrogens with one attached hydrogen (secondary N) is 1. The Bertz CT molecular complexity index is 1030. The highest BCUT2D eigenvalue weighted by Crippen LogP contribution is 2.63. The summed E-state index contributed by atoms with van der Waals surface area (Å²) in [4.78, 5) is 13.1. The quantitative estimate of drug-likeness (QED) is 0.462. The van der Waals surface area contributed by atoms with Gasteiger partial charge in [0.15, 0.2) is 11.8 Å². The minimum Gasteiger partial charge on any atom is -0.294 e. The fourth-order valence-corrected chi connectivity index (χ4v) is 8.25. The third-order valence-corrected chi connectivity index (χ3v) is 9.72. The number of carbonyl (C=O) groups is 1. The zero-order valence-electron chi connectivity index (χ0n) is 19.3. The molecule has 186 valence electrons. The third-order valence-electron chi connectivity index (χ3n) is 4.86. The van der Waals surface area contributed by atoms with Gasteiger partial charge >= 0.3 is 0 Å². The Morgan fingerprint density at radius 1 is 0.771 bits per heavy atom. The Hall–Kier alpha value is -1.99. The van der Waals surface area contributed by atoms with Gasteiger partial charge in [-0.3, -0.25) is 10.1 Å². The molecule has 1 amide bonds. The Labute approximate surface area is 217 Å². The van der Waals surface area contributed by atoms with Crippen molar-refractivity contribution in [2.24, 2.45) is 5.41 Å². The number of rotatable bonds is 5. The van der Waals surface area contributed by atoms with Crippen molar-refractivity contribution < 1.29 is 33.7 Å². The molecule has 3 rings (SSSR count). The second-order valence-corrected chi connectivity index (χ2v) is 13.5. The number of hydrogen-bond acceptors (Lipinski definition) is 5. The standard InChI is InChI=1S/C25H24Cl2NOP.ClHO4/c1-25(2,3)24(29)28-23(22(26)27)30(19-13-7-4-8-14-19,20-15-9-5-10-16-20)21-17-11-6-12-18-21;2-1(3,4)5/h4-18H,1-3H3;(H,2,3,4,5)/p+1. The smallest absolute Gasteiger partial charge is 0.232 e. The topological polar surface area (TPSA) is 119 Å². The Morgan fingerprint density at radius 3 is 1.29 bits per heavy atom. The van der Waals surface area contributed by atoms with Crippen molar-refractivity contribution in [2.45, 2.75) is 20.8 Å². The Kier molecular flexibility index (Phi) is 10.3. The van der Waals surface area contributed by atoms with E-state index in [2.05, 4.69) is 41.7 Å². The summed E-state index contributed by atoms with van der Waals surface area (Å²) in [5.41, 5.74) is -0.0526. The molecular weight excluding hydrogens is 532 g/mol. The fraction of sp³-hybridized carbons (Fsp3) is 0.160. The van der Waals surface area contributed by atoms with Crippen molar-refractivity contribution >= 4 is 52.3 Å². The average Bonchev–Trinajstić information content (AvgIpc) is 2.79. The van der Waals surface area contributed by atoms with Gasteiger partial charge in [-0.25, -0.2) is 0 Å². The van der Waals surface area contributed by atoms with Gasteiger partial charge in [-0.2, -0.15) is 14.0 Å². The van der Waals surface area contributed by atoms with E-state index in [1.165, 1.54) is 0 Å². The lowest BCUT2D eigenvalue weighted by molar-refractivity contribution is -1.92. The van der Waals surface area contributed by atoms with E-state index in [4.69, 9.17) is 41.8 Å². The molecule has 0 heterocycles. The minimum absolute atomic E-state index is 0.0671. The molecule has 0 aliphatic heterocycles. The predicted molar refractivity (Wildman–Crippen MR) is 134 cm³/mol. The van der Waals surface area contributed by atoms with E-state index in [9.17, 15) is 4.79 Å². The van der Waals surface area contributed by atoms with E-state index >= 15 is 0 Å². The average molecular weight is 558 g/mol. The molecule has 0 atom stereocenters. The summed E-state index contributed by atoms with van der Waals surface area (Å²) >= 11 is 13.1. The highest BCUT2D eigenvalue weighted by Gasteiger charge is 2.52. The molecule has 0 spiro atoms. The molecule has 0 saturated carbocycles. The van der Waals surface area contributed by atoms with E-state index in [0.717, 1.165) is 15.9 Å². The number of amides is 1. The van der Waals surface area contributed by atoms with Crippen LogP contribution in [0.15, 0.2) is 101 Å². The van der Waals surface area contributed by atoms with Gasteiger partial charge in [-0.1, -0.05) is 98.6 Å². The number of benzene rings is 3. The van der Waals surface area contributed by atoms with E-state index in [1.54, 1.807) is 0 Å². The van der Waals surface area contributed by atoms with E-state index in [-0.39, 0.29) is 10.4 Å². The molecule has 3 aromatic rings.